The van der Waals surface area contributed by atoms with Gasteiger partial charge in [-0.2, -0.15) is 5.10 Å². The van der Waals surface area contributed by atoms with E-state index in [1.807, 2.05) is 73.7 Å². The van der Waals surface area contributed by atoms with Crippen molar-refractivity contribution in [1.29, 1.82) is 0 Å². The summed E-state index contributed by atoms with van der Waals surface area (Å²) < 4.78 is 0. The van der Waals surface area contributed by atoms with Crippen LogP contribution in [0.15, 0.2) is 90.0 Å². The second-order valence-corrected chi connectivity index (χ2v) is 7.10. The maximum Gasteiger partial charge on any atom is 0.244 e. The lowest BCUT2D eigenvalue weighted by molar-refractivity contribution is 0.474. The van der Waals surface area contributed by atoms with Crippen molar-refractivity contribution < 1.29 is 5.11 Å². The number of rotatable bonds is 5. The van der Waals surface area contributed by atoms with Crippen molar-refractivity contribution in [3.05, 3.63) is 95.5 Å². The van der Waals surface area contributed by atoms with Crippen molar-refractivity contribution in [1.82, 2.24) is 9.97 Å². The minimum Gasteiger partial charge on any atom is -0.507 e. The average Bonchev–Trinajstić information content (AvgIpc) is 2.78. The quantitative estimate of drug-likeness (QED) is 0.310. The highest BCUT2D eigenvalue weighted by Crippen LogP contribution is 2.26. The summed E-state index contributed by atoms with van der Waals surface area (Å²) in [6.07, 6.45) is 0. The summed E-state index contributed by atoms with van der Waals surface area (Å²) in [5.41, 5.74) is 7.60. The molecule has 0 bridgehead atoms. The van der Waals surface area contributed by atoms with Crippen LogP contribution in [0.1, 0.15) is 12.5 Å². The molecule has 0 saturated carbocycles. The number of phenolic OH excluding ortho intramolecular Hbond substituents is 1. The zero-order valence-corrected chi connectivity index (χ0v) is 17.0. The molecular weight excluding hydrogens is 396 g/mol. The predicted octanol–water partition coefficient (Wildman–Crippen LogP) is 6.01. The lowest BCUT2D eigenvalue weighted by Crippen LogP contribution is -2.04. The summed E-state index contributed by atoms with van der Waals surface area (Å²) in [5.74, 6) is 0.525. The molecule has 5 nitrogen and oxygen atoms in total. The number of nitrogens with zero attached hydrogens (tertiary/aromatic N) is 3. The van der Waals surface area contributed by atoms with Gasteiger partial charge in [0.05, 0.1) is 17.1 Å². The minimum atomic E-state index is 0.168. The number of anilines is 1. The van der Waals surface area contributed by atoms with Crippen LogP contribution < -0.4 is 5.43 Å². The van der Waals surface area contributed by atoms with Gasteiger partial charge in [0.2, 0.25) is 5.95 Å². The van der Waals surface area contributed by atoms with Crippen LogP contribution >= 0.6 is 11.6 Å². The molecule has 0 atom stereocenters. The molecule has 0 unspecified atom stereocenters. The maximum absolute atomic E-state index is 10.0. The van der Waals surface area contributed by atoms with Crippen LogP contribution in [-0.4, -0.2) is 20.8 Å². The molecule has 0 fully saturated rings. The molecule has 0 aliphatic carbocycles. The molecule has 1 heterocycles. The topological polar surface area (TPSA) is 70.4 Å². The fraction of sp³-hybridized carbons (Fsp3) is 0.0417. The molecule has 2 N–H and O–H groups in total. The lowest BCUT2D eigenvalue weighted by atomic mass is 10.1. The molecule has 148 valence electrons. The fourth-order valence-corrected chi connectivity index (χ4v) is 3.12. The Kier molecular flexibility index (Phi) is 5.72. The Labute approximate surface area is 179 Å². The SMILES string of the molecule is CC(=NNc1nc(-c2ccccc2)cc(-c2ccc(Cl)cc2)n1)c1ccccc1O. The van der Waals surface area contributed by atoms with Gasteiger partial charge in [-0.15, -0.1) is 0 Å². The molecule has 0 spiro atoms. The number of para-hydroxylation sites is 1. The number of halogens is 1. The standard InChI is InChI=1S/C24H19ClN4O/c1-16(20-9-5-6-10-23(20)30)28-29-24-26-21(17-7-3-2-4-8-17)15-22(27-24)18-11-13-19(25)14-12-18/h2-15,30H,1H3,(H,26,27,29). The van der Waals surface area contributed by atoms with E-state index in [2.05, 4.69) is 20.5 Å². The third-order valence-electron chi connectivity index (χ3n) is 4.55. The molecule has 0 saturated heterocycles. The van der Waals surface area contributed by atoms with E-state index in [0.717, 1.165) is 22.5 Å². The van der Waals surface area contributed by atoms with E-state index in [1.54, 1.807) is 18.2 Å². The van der Waals surface area contributed by atoms with Crippen molar-refractivity contribution >= 4 is 23.3 Å². The minimum absolute atomic E-state index is 0.168. The maximum atomic E-state index is 10.0. The van der Waals surface area contributed by atoms with Gasteiger partial charge in [-0.3, -0.25) is 0 Å². The third kappa shape index (κ3) is 4.47. The van der Waals surface area contributed by atoms with E-state index in [-0.39, 0.29) is 5.75 Å². The van der Waals surface area contributed by atoms with E-state index in [0.29, 0.717) is 22.2 Å². The Hall–Kier alpha value is -3.70. The van der Waals surface area contributed by atoms with Crippen molar-refractivity contribution in [3.8, 4) is 28.3 Å². The fourth-order valence-electron chi connectivity index (χ4n) is 3.00. The number of nitrogens with one attached hydrogen (secondary N) is 1. The smallest absolute Gasteiger partial charge is 0.244 e. The summed E-state index contributed by atoms with van der Waals surface area (Å²) in [6.45, 7) is 1.81. The van der Waals surface area contributed by atoms with E-state index in [9.17, 15) is 5.11 Å². The second kappa shape index (κ2) is 8.76. The van der Waals surface area contributed by atoms with Gasteiger partial charge in [0.1, 0.15) is 5.75 Å². The number of hydrogen-bond donors (Lipinski definition) is 2. The Balaban J connectivity index is 1.73. The summed E-state index contributed by atoms with van der Waals surface area (Å²) in [5, 5.41) is 15.1. The van der Waals surface area contributed by atoms with E-state index in [4.69, 9.17) is 11.6 Å². The van der Waals surface area contributed by atoms with Crippen LogP contribution in [0.4, 0.5) is 5.95 Å². The van der Waals surface area contributed by atoms with Gasteiger partial charge in [-0.05, 0) is 37.3 Å². The molecule has 0 aliphatic rings. The van der Waals surface area contributed by atoms with Crippen LogP contribution in [0.3, 0.4) is 0 Å². The third-order valence-corrected chi connectivity index (χ3v) is 4.81. The number of aromatic hydroxyl groups is 1. The second-order valence-electron chi connectivity index (χ2n) is 6.66. The highest BCUT2D eigenvalue weighted by Gasteiger charge is 2.09. The lowest BCUT2D eigenvalue weighted by Gasteiger charge is -2.09. The van der Waals surface area contributed by atoms with Crippen LogP contribution in [0.5, 0.6) is 5.75 Å². The van der Waals surface area contributed by atoms with Crippen molar-refractivity contribution in [2.75, 3.05) is 5.43 Å². The zero-order chi connectivity index (χ0) is 20.9. The summed E-state index contributed by atoms with van der Waals surface area (Å²) in [6, 6.07) is 26.3. The zero-order valence-electron chi connectivity index (χ0n) is 16.2. The number of hydrazone groups is 1. The molecule has 0 amide bonds. The number of hydrogen-bond acceptors (Lipinski definition) is 5. The Morgan fingerprint density at radius 1 is 0.833 bits per heavy atom. The molecule has 1 aromatic heterocycles. The van der Waals surface area contributed by atoms with Crippen molar-refractivity contribution in [2.45, 2.75) is 6.92 Å². The first kappa shape index (κ1) is 19.6. The molecule has 4 rings (SSSR count). The monoisotopic (exact) mass is 414 g/mol. The first-order valence-corrected chi connectivity index (χ1v) is 9.77. The Morgan fingerprint density at radius 2 is 1.43 bits per heavy atom. The number of benzene rings is 3. The van der Waals surface area contributed by atoms with E-state index >= 15 is 0 Å². The number of aromatic nitrogens is 2. The van der Waals surface area contributed by atoms with Gasteiger partial charge in [-0.25, -0.2) is 15.4 Å². The van der Waals surface area contributed by atoms with E-state index in [1.165, 1.54) is 0 Å². The van der Waals surface area contributed by atoms with Gasteiger partial charge < -0.3 is 5.11 Å². The molecule has 3 aromatic carbocycles. The van der Waals surface area contributed by atoms with Crippen molar-refractivity contribution in [3.63, 3.8) is 0 Å². The molecule has 6 heteroatoms. The molecular formula is C24H19ClN4O. The van der Waals surface area contributed by atoms with Crippen LogP contribution in [0, 0.1) is 0 Å². The predicted molar refractivity (Wildman–Crippen MR) is 122 cm³/mol. The Morgan fingerprint density at radius 3 is 2.10 bits per heavy atom. The first-order chi connectivity index (χ1) is 14.6. The highest BCUT2D eigenvalue weighted by atomic mass is 35.5. The van der Waals surface area contributed by atoms with Gasteiger partial charge >= 0.3 is 0 Å². The van der Waals surface area contributed by atoms with Crippen molar-refractivity contribution in [2.24, 2.45) is 5.10 Å². The largest absolute Gasteiger partial charge is 0.507 e. The first-order valence-electron chi connectivity index (χ1n) is 9.39. The average molecular weight is 415 g/mol. The molecule has 0 radical (unpaired) electrons. The summed E-state index contributed by atoms with van der Waals surface area (Å²) in [7, 11) is 0. The van der Waals surface area contributed by atoms with Gasteiger partial charge in [0, 0.05) is 21.7 Å². The van der Waals surface area contributed by atoms with Gasteiger partial charge in [-0.1, -0.05) is 66.2 Å². The molecule has 4 aromatic rings. The van der Waals surface area contributed by atoms with Gasteiger partial charge in [0.25, 0.3) is 0 Å². The van der Waals surface area contributed by atoms with Gasteiger partial charge in [0.15, 0.2) is 0 Å². The molecule has 0 aliphatic heterocycles. The Bertz CT molecular complexity index is 1190. The van der Waals surface area contributed by atoms with Crippen LogP contribution in [0.25, 0.3) is 22.5 Å². The molecule has 30 heavy (non-hydrogen) atoms. The summed E-state index contributed by atoms with van der Waals surface area (Å²) >= 11 is 6.03. The summed E-state index contributed by atoms with van der Waals surface area (Å²) in [4.78, 5) is 9.23. The normalized spacial score (nSPS) is 11.3. The van der Waals surface area contributed by atoms with E-state index < -0.39 is 0 Å². The number of phenols is 1. The van der Waals surface area contributed by atoms with Crippen LogP contribution in [0.2, 0.25) is 5.02 Å². The van der Waals surface area contributed by atoms with Crippen LogP contribution in [-0.2, 0) is 0 Å². The highest BCUT2D eigenvalue weighted by molar-refractivity contribution is 6.30.